The second-order valence-electron chi connectivity index (χ2n) is 6.74. The molecule has 0 aromatic rings. The van der Waals surface area contributed by atoms with Crippen LogP contribution in [0, 0.1) is 5.92 Å². The number of likely N-dealkylation sites (N-methyl/N-ethyl adjacent to an activating group) is 1. The predicted octanol–water partition coefficient (Wildman–Crippen LogP) is 3.04. The maximum atomic E-state index is 5.76. The number of rotatable bonds is 6. The van der Waals surface area contributed by atoms with Crippen molar-refractivity contribution in [3.05, 3.63) is 0 Å². The van der Waals surface area contributed by atoms with Crippen LogP contribution in [0.15, 0.2) is 0 Å². The zero-order valence-electron chi connectivity index (χ0n) is 13.7. The average Bonchev–Trinajstić information content (AvgIpc) is 2.52. The molecule has 2 rings (SSSR count). The molecule has 1 saturated heterocycles. The first-order valence-corrected chi connectivity index (χ1v) is 8.79. The lowest BCUT2D eigenvalue weighted by Gasteiger charge is -2.44. The van der Waals surface area contributed by atoms with Crippen molar-refractivity contribution in [2.45, 2.75) is 76.9 Å². The van der Waals surface area contributed by atoms with Crippen LogP contribution in [0.4, 0.5) is 0 Å². The van der Waals surface area contributed by atoms with Gasteiger partial charge in [-0.15, -0.1) is 0 Å². The minimum absolute atomic E-state index is 0.568. The number of nitrogens with zero attached hydrogens (tertiary/aromatic N) is 1. The van der Waals surface area contributed by atoms with Crippen LogP contribution in [0.25, 0.3) is 0 Å². The summed E-state index contributed by atoms with van der Waals surface area (Å²) in [6, 6.07) is 1.96. The predicted molar refractivity (Wildman–Crippen MR) is 85.1 cm³/mol. The summed E-state index contributed by atoms with van der Waals surface area (Å²) < 4.78 is 5.76. The Kier molecular flexibility index (Phi) is 6.79. The Labute approximate surface area is 125 Å². The van der Waals surface area contributed by atoms with Crippen LogP contribution in [0.3, 0.4) is 0 Å². The highest BCUT2D eigenvalue weighted by Gasteiger charge is 2.33. The zero-order valence-corrected chi connectivity index (χ0v) is 13.7. The standard InChI is InChI=1S/C17H34N2O/c1-4-11-18-16-10-12-20-13-17(16)19(3)15-8-6-14(5-2)7-9-15/h14-18H,4-13H2,1-3H3. The van der Waals surface area contributed by atoms with Gasteiger partial charge in [0.15, 0.2) is 0 Å². The van der Waals surface area contributed by atoms with E-state index in [9.17, 15) is 0 Å². The summed E-state index contributed by atoms with van der Waals surface area (Å²) in [5.74, 6) is 0.983. The minimum Gasteiger partial charge on any atom is -0.380 e. The number of nitrogens with one attached hydrogen (secondary N) is 1. The van der Waals surface area contributed by atoms with Crippen LogP contribution in [-0.2, 0) is 4.74 Å². The van der Waals surface area contributed by atoms with Crippen molar-refractivity contribution in [3.63, 3.8) is 0 Å². The number of ether oxygens (including phenoxy) is 1. The van der Waals surface area contributed by atoms with Gasteiger partial charge in [-0.1, -0.05) is 20.3 Å². The van der Waals surface area contributed by atoms with Crippen LogP contribution in [0.5, 0.6) is 0 Å². The molecule has 3 nitrogen and oxygen atoms in total. The molecule has 1 saturated carbocycles. The van der Waals surface area contributed by atoms with Crippen molar-refractivity contribution < 1.29 is 4.74 Å². The number of hydrogen-bond acceptors (Lipinski definition) is 3. The van der Waals surface area contributed by atoms with Gasteiger partial charge >= 0.3 is 0 Å². The van der Waals surface area contributed by atoms with E-state index in [1.165, 1.54) is 44.9 Å². The quantitative estimate of drug-likeness (QED) is 0.810. The average molecular weight is 282 g/mol. The highest BCUT2D eigenvalue weighted by Crippen LogP contribution is 2.30. The van der Waals surface area contributed by atoms with Gasteiger partial charge in [0.1, 0.15) is 0 Å². The molecule has 0 spiro atoms. The summed E-state index contributed by atoms with van der Waals surface area (Å²) in [5.41, 5.74) is 0. The Hall–Kier alpha value is -0.120. The maximum Gasteiger partial charge on any atom is 0.0637 e. The smallest absolute Gasteiger partial charge is 0.0637 e. The second-order valence-corrected chi connectivity index (χ2v) is 6.74. The molecule has 2 aliphatic rings. The summed E-state index contributed by atoms with van der Waals surface area (Å²) in [6.07, 6.45) is 9.36. The van der Waals surface area contributed by atoms with E-state index in [0.29, 0.717) is 12.1 Å². The fourth-order valence-electron chi connectivity index (χ4n) is 3.92. The first kappa shape index (κ1) is 16.3. The molecule has 118 valence electrons. The van der Waals surface area contributed by atoms with Gasteiger partial charge in [-0.3, -0.25) is 4.90 Å². The highest BCUT2D eigenvalue weighted by atomic mass is 16.5. The van der Waals surface area contributed by atoms with E-state index in [-0.39, 0.29) is 0 Å². The summed E-state index contributed by atoms with van der Waals surface area (Å²) in [6.45, 7) is 7.56. The molecule has 1 aliphatic carbocycles. The fourth-order valence-corrected chi connectivity index (χ4v) is 3.92. The van der Waals surface area contributed by atoms with Crippen molar-refractivity contribution in [2.24, 2.45) is 5.92 Å². The van der Waals surface area contributed by atoms with Gasteiger partial charge in [-0.2, -0.15) is 0 Å². The van der Waals surface area contributed by atoms with E-state index >= 15 is 0 Å². The molecule has 0 aromatic carbocycles. The minimum atomic E-state index is 0.568. The van der Waals surface area contributed by atoms with Crippen molar-refractivity contribution in [1.82, 2.24) is 10.2 Å². The normalized spacial score (nSPS) is 35.4. The molecule has 2 fully saturated rings. The van der Waals surface area contributed by atoms with Gasteiger partial charge in [0.25, 0.3) is 0 Å². The van der Waals surface area contributed by atoms with E-state index in [1.807, 2.05) is 0 Å². The molecular formula is C17H34N2O. The molecule has 1 heterocycles. The van der Waals surface area contributed by atoms with Gasteiger partial charge in [-0.25, -0.2) is 0 Å². The van der Waals surface area contributed by atoms with Gasteiger partial charge in [-0.05, 0) is 58.0 Å². The molecule has 0 aromatic heterocycles. The Balaban J connectivity index is 1.87. The SMILES string of the molecule is CCCNC1CCOCC1N(C)C1CCC(CC)CC1. The lowest BCUT2D eigenvalue weighted by molar-refractivity contribution is -0.0164. The van der Waals surface area contributed by atoms with Crippen molar-refractivity contribution in [3.8, 4) is 0 Å². The third-order valence-electron chi connectivity index (χ3n) is 5.48. The van der Waals surface area contributed by atoms with Gasteiger partial charge < -0.3 is 10.1 Å². The summed E-state index contributed by atoms with van der Waals surface area (Å²) in [4.78, 5) is 2.64. The van der Waals surface area contributed by atoms with E-state index in [1.54, 1.807) is 0 Å². The third kappa shape index (κ3) is 4.19. The molecule has 2 unspecified atom stereocenters. The maximum absolute atomic E-state index is 5.76. The summed E-state index contributed by atoms with van der Waals surface area (Å²) in [5, 5.41) is 3.74. The lowest BCUT2D eigenvalue weighted by Crippen LogP contribution is -2.57. The Morgan fingerprint density at radius 3 is 2.50 bits per heavy atom. The van der Waals surface area contributed by atoms with E-state index in [4.69, 9.17) is 4.74 Å². The summed E-state index contributed by atoms with van der Waals surface area (Å²) in [7, 11) is 2.33. The lowest BCUT2D eigenvalue weighted by atomic mass is 9.83. The zero-order chi connectivity index (χ0) is 14.4. The van der Waals surface area contributed by atoms with Crippen LogP contribution < -0.4 is 5.32 Å². The van der Waals surface area contributed by atoms with Crippen LogP contribution in [-0.4, -0.2) is 49.8 Å². The Morgan fingerprint density at radius 1 is 1.10 bits per heavy atom. The highest BCUT2D eigenvalue weighted by molar-refractivity contribution is 4.90. The summed E-state index contributed by atoms with van der Waals surface area (Å²) >= 11 is 0. The first-order chi connectivity index (χ1) is 9.76. The molecular weight excluding hydrogens is 248 g/mol. The molecule has 0 radical (unpaired) electrons. The Morgan fingerprint density at radius 2 is 1.85 bits per heavy atom. The van der Waals surface area contributed by atoms with Gasteiger partial charge in [0.2, 0.25) is 0 Å². The molecule has 0 bridgehead atoms. The monoisotopic (exact) mass is 282 g/mol. The second kappa shape index (κ2) is 8.35. The topological polar surface area (TPSA) is 24.5 Å². The largest absolute Gasteiger partial charge is 0.380 e. The van der Waals surface area contributed by atoms with Crippen LogP contribution in [0.2, 0.25) is 0 Å². The molecule has 1 aliphatic heterocycles. The third-order valence-corrected chi connectivity index (χ3v) is 5.48. The van der Waals surface area contributed by atoms with Crippen LogP contribution in [0.1, 0.15) is 58.8 Å². The molecule has 20 heavy (non-hydrogen) atoms. The first-order valence-electron chi connectivity index (χ1n) is 8.79. The van der Waals surface area contributed by atoms with Gasteiger partial charge in [0.05, 0.1) is 6.61 Å². The van der Waals surface area contributed by atoms with Crippen molar-refractivity contribution in [2.75, 3.05) is 26.8 Å². The molecule has 3 heteroatoms. The van der Waals surface area contributed by atoms with Crippen LogP contribution >= 0.6 is 0 Å². The van der Waals surface area contributed by atoms with E-state index in [0.717, 1.165) is 31.7 Å². The van der Waals surface area contributed by atoms with Crippen molar-refractivity contribution in [1.29, 1.82) is 0 Å². The van der Waals surface area contributed by atoms with E-state index < -0.39 is 0 Å². The molecule has 1 N–H and O–H groups in total. The van der Waals surface area contributed by atoms with Gasteiger partial charge in [0, 0.05) is 24.7 Å². The van der Waals surface area contributed by atoms with Crippen molar-refractivity contribution >= 4 is 0 Å². The number of hydrogen-bond donors (Lipinski definition) is 1. The Bertz CT molecular complexity index is 264. The molecule has 2 atom stereocenters. The van der Waals surface area contributed by atoms with E-state index in [2.05, 4.69) is 31.1 Å². The molecule has 0 amide bonds. The fraction of sp³-hybridized carbons (Fsp3) is 1.00.